The molecule has 6 nitrogen and oxygen atoms in total. The standard InChI is InChI=1S/C21H27ClN4O2S/c1-16-7-8-17(22)15-19(16)25-11-13-26(14-12-25)20-9-10-21(24-23-20)29(27,28)18-5-3-2-4-6-18/h7-10,15,18H,2-6,11-14H2,1H3. The summed E-state index contributed by atoms with van der Waals surface area (Å²) in [5.41, 5.74) is 2.37. The van der Waals surface area contributed by atoms with Crippen LogP contribution >= 0.6 is 11.6 Å². The smallest absolute Gasteiger partial charge is 0.200 e. The summed E-state index contributed by atoms with van der Waals surface area (Å²) >= 11 is 6.16. The van der Waals surface area contributed by atoms with E-state index in [1.54, 1.807) is 12.1 Å². The van der Waals surface area contributed by atoms with Crippen LogP contribution in [-0.2, 0) is 9.84 Å². The molecule has 1 aromatic heterocycles. The molecule has 2 fully saturated rings. The van der Waals surface area contributed by atoms with Gasteiger partial charge in [0.15, 0.2) is 20.7 Å². The molecule has 2 heterocycles. The topological polar surface area (TPSA) is 66.4 Å². The van der Waals surface area contributed by atoms with Gasteiger partial charge in [-0.1, -0.05) is 36.9 Å². The van der Waals surface area contributed by atoms with E-state index < -0.39 is 9.84 Å². The third-order valence-electron chi connectivity index (χ3n) is 6.02. The first-order valence-corrected chi connectivity index (χ1v) is 12.2. The van der Waals surface area contributed by atoms with E-state index in [0.29, 0.717) is 0 Å². The Morgan fingerprint density at radius 2 is 1.62 bits per heavy atom. The van der Waals surface area contributed by atoms with E-state index in [1.165, 1.54) is 5.56 Å². The second kappa shape index (κ2) is 8.48. The summed E-state index contributed by atoms with van der Waals surface area (Å²) < 4.78 is 25.6. The average molecular weight is 435 g/mol. The van der Waals surface area contributed by atoms with Gasteiger partial charge in [-0.15, -0.1) is 10.2 Å². The van der Waals surface area contributed by atoms with Crippen molar-refractivity contribution >= 4 is 32.9 Å². The Hall–Kier alpha value is -1.86. The van der Waals surface area contributed by atoms with Crippen molar-refractivity contribution in [2.45, 2.75) is 49.3 Å². The summed E-state index contributed by atoms with van der Waals surface area (Å²) in [5, 5.41) is 8.89. The van der Waals surface area contributed by atoms with Gasteiger partial charge >= 0.3 is 0 Å². The number of aryl methyl sites for hydroxylation is 1. The Bertz CT molecular complexity index is 951. The lowest BCUT2D eigenvalue weighted by Crippen LogP contribution is -2.47. The van der Waals surface area contributed by atoms with Crippen molar-refractivity contribution in [2.24, 2.45) is 0 Å². The number of aromatic nitrogens is 2. The van der Waals surface area contributed by atoms with Crippen molar-refractivity contribution in [1.82, 2.24) is 10.2 Å². The summed E-state index contributed by atoms with van der Waals surface area (Å²) in [6, 6.07) is 9.39. The fourth-order valence-corrected chi connectivity index (χ4v) is 6.15. The molecule has 1 aliphatic carbocycles. The van der Waals surface area contributed by atoms with Crippen LogP contribution in [0.1, 0.15) is 37.7 Å². The van der Waals surface area contributed by atoms with E-state index >= 15 is 0 Å². The summed E-state index contributed by atoms with van der Waals surface area (Å²) in [7, 11) is -3.38. The van der Waals surface area contributed by atoms with Crippen LogP contribution in [-0.4, -0.2) is 50.0 Å². The van der Waals surface area contributed by atoms with Crippen molar-refractivity contribution < 1.29 is 8.42 Å². The van der Waals surface area contributed by atoms with Crippen LogP contribution in [0.4, 0.5) is 11.5 Å². The van der Waals surface area contributed by atoms with Crippen LogP contribution in [0.5, 0.6) is 0 Å². The maximum Gasteiger partial charge on any atom is 0.200 e. The van der Waals surface area contributed by atoms with Crippen LogP contribution in [0.2, 0.25) is 5.02 Å². The van der Waals surface area contributed by atoms with Crippen molar-refractivity contribution in [3.63, 3.8) is 0 Å². The van der Waals surface area contributed by atoms with E-state index in [2.05, 4.69) is 26.9 Å². The minimum Gasteiger partial charge on any atom is -0.368 e. The highest BCUT2D eigenvalue weighted by Gasteiger charge is 2.30. The van der Waals surface area contributed by atoms with E-state index in [1.807, 2.05) is 18.2 Å². The highest BCUT2D eigenvalue weighted by Crippen LogP contribution is 2.29. The van der Waals surface area contributed by atoms with E-state index in [4.69, 9.17) is 11.6 Å². The molecular weight excluding hydrogens is 408 g/mol. The minimum absolute atomic E-state index is 0.112. The Morgan fingerprint density at radius 1 is 0.931 bits per heavy atom. The Morgan fingerprint density at radius 3 is 2.28 bits per heavy atom. The molecular formula is C21H27ClN4O2S. The molecule has 2 aromatic rings. The van der Waals surface area contributed by atoms with Gasteiger partial charge in [0.05, 0.1) is 5.25 Å². The molecule has 8 heteroatoms. The predicted octanol–water partition coefficient (Wildman–Crippen LogP) is 3.87. The van der Waals surface area contributed by atoms with Gasteiger partial charge in [0.1, 0.15) is 0 Å². The highest BCUT2D eigenvalue weighted by atomic mass is 35.5. The molecule has 0 amide bonds. The number of halogens is 1. The molecule has 2 aliphatic rings. The van der Waals surface area contributed by atoms with Gasteiger partial charge in [0.25, 0.3) is 0 Å². The van der Waals surface area contributed by atoms with Crippen LogP contribution in [0.25, 0.3) is 0 Å². The van der Waals surface area contributed by atoms with Crippen LogP contribution in [0.3, 0.4) is 0 Å². The Kier molecular flexibility index (Phi) is 5.97. The molecule has 156 valence electrons. The van der Waals surface area contributed by atoms with E-state index in [-0.39, 0.29) is 10.3 Å². The quantitative estimate of drug-likeness (QED) is 0.727. The summed E-state index contributed by atoms with van der Waals surface area (Å²) in [5.74, 6) is 0.732. The lowest BCUT2D eigenvalue weighted by atomic mass is 10.0. The molecule has 1 aliphatic heterocycles. The zero-order valence-electron chi connectivity index (χ0n) is 16.7. The van der Waals surface area contributed by atoms with Gasteiger partial charge in [-0.2, -0.15) is 0 Å². The third kappa shape index (κ3) is 4.36. The molecule has 0 atom stereocenters. The number of piperazine rings is 1. The molecule has 0 spiro atoms. The maximum atomic E-state index is 12.8. The summed E-state index contributed by atoms with van der Waals surface area (Å²) in [6.45, 7) is 5.40. The fourth-order valence-electron chi connectivity index (χ4n) is 4.28. The number of hydrogen-bond donors (Lipinski definition) is 0. The molecule has 29 heavy (non-hydrogen) atoms. The van der Waals surface area contributed by atoms with Gasteiger partial charge < -0.3 is 9.80 Å². The number of hydrogen-bond acceptors (Lipinski definition) is 6. The zero-order valence-corrected chi connectivity index (χ0v) is 18.3. The average Bonchev–Trinajstić information content (AvgIpc) is 2.76. The molecule has 4 rings (SSSR count). The second-order valence-electron chi connectivity index (χ2n) is 7.94. The van der Waals surface area contributed by atoms with E-state index in [0.717, 1.165) is 74.8 Å². The number of benzene rings is 1. The molecule has 0 bridgehead atoms. The molecule has 0 unspecified atom stereocenters. The minimum atomic E-state index is -3.38. The molecule has 0 N–H and O–H groups in total. The lowest BCUT2D eigenvalue weighted by molar-refractivity contribution is 0.481. The van der Waals surface area contributed by atoms with E-state index in [9.17, 15) is 8.42 Å². The lowest BCUT2D eigenvalue weighted by Gasteiger charge is -2.37. The van der Waals surface area contributed by atoms with Crippen molar-refractivity contribution in [2.75, 3.05) is 36.0 Å². The third-order valence-corrected chi connectivity index (χ3v) is 8.41. The van der Waals surface area contributed by atoms with Crippen molar-refractivity contribution in [3.05, 3.63) is 40.9 Å². The Balaban J connectivity index is 1.42. The highest BCUT2D eigenvalue weighted by molar-refractivity contribution is 7.92. The van der Waals surface area contributed by atoms with Crippen LogP contribution < -0.4 is 9.80 Å². The molecule has 1 aromatic carbocycles. The summed E-state index contributed by atoms with van der Waals surface area (Å²) in [4.78, 5) is 4.48. The van der Waals surface area contributed by atoms with Gasteiger partial charge in [-0.3, -0.25) is 0 Å². The maximum absolute atomic E-state index is 12.8. The van der Waals surface area contributed by atoms with Gasteiger partial charge in [-0.25, -0.2) is 8.42 Å². The molecule has 0 radical (unpaired) electrons. The number of anilines is 2. The number of nitrogens with zero attached hydrogens (tertiary/aromatic N) is 4. The fraction of sp³-hybridized carbons (Fsp3) is 0.524. The normalized spacial score (nSPS) is 18.8. The SMILES string of the molecule is Cc1ccc(Cl)cc1N1CCN(c2ccc(S(=O)(=O)C3CCCCC3)nn2)CC1. The first kappa shape index (κ1) is 20.4. The predicted molar refractivity (Wildman–Crippen MR) is 117 cm³/mol. The molecule has 1 saturated carbocycles. The first-order valence-electron chi connectivity index (χ1n) is 10.3. The number of sulfone groups is 1. The zero-order chi connectivity index (χ0) is 20.4. The molecule has 1 saturated heterocycles. The second-order valence-corrected chi connectivity index (χ2v) is 10.6. The van der Waals surface area contributed by atoms with Gasteiger partial charge in [0.2, 0.25) is 0 Å². The van der Waals surface area contributed by atoms with Gasteiger partial charge in [-0.05, 0) is 49.6 Å². The largest absolute Gasteiger partial charge is 0.368 e. The monoisotopic (exact) mass is 434 g/mol. The van der Waals surface area contributed by atoms with Crippen LogP contribution in [0.15, 0.2) is 35.4 Å². The summed E-state index contributed by atoms with van der Waals surface area (Å²) in [6.07, 6.45) is 4.54. The Labute approximate surface area is 177 Å². The van der Waals surface area contributed by atoms with Crippen molar-refractivity contribution in [1.29, 1.82) is 0 Å². The van der Waals surface area contributed by atoms with Crippen LogP contribution in [0, 0.1) is 6.92 Å². The first-order chi connectivity index (χ1) is 13.9. The van der Waals surface area contributed by atoms with Crippen molar-refractivity contribution in [3.8, 4) is 0 Å². The number of rotatable bonds is 4. The van der Waals surface area contributed by atoms with Gasteiger partial charge in [0, 0.05) is 36.9 Å².